The van der Waals surface area contributed by atoms with Gasteiger partial charge in [-0.3, -0.25) is 9.69 Å². The molecule has 1 rings (SSSR count). The lowest BCUT2D eigenvalue weighted by molar-refractivity contribution is -0.139. The zero-order chi connectivity index (χ0) is 12.6. The van der Waals surface area contributed by atoms with Gasteiger partial charge in [-0.2, -0.15) is 0 Å². The van der Waals surface area contributed by atoms with Crippen LogP contribution in [0.4, 0.5) is 0 Å². The van der Waals surface area contributed by atoms with E-state index in [1.165, 1.54) is 0 Å². The van der Waals surface area contributed by atoms with Gasteiger partial charge < -0.3 is 5.11 Å². The van der Waals surface area contributed by atoms with Gasteiger partial charge in [0, 0.05) is 17.5 Å². The lowest BCUT2D eigenvalue weighted by atomic mass is 9.78. The van der Waals surface area contributed by atoms with Gasteiger partial charge in [-0.05, 0) is 59.9 Å². The van der Waals surface area contributed by atoms with Crippen molar-refractivity contribution in [1.29, 1.82) is 0 Å². The lowest BCUT2D eigenvalue weighted by Crippen LogP contribution is -2.58. The summed E-state index contributed by atoms with van der Waals surface area (Å²) in [5.41, 5.74) is 0.272. The molecule has 0 amide bonds. The van der Waals surface area contributed by atoms with Crippen LogP contribution < -0.4 is 0 Å². The van der Waals surface area contributed by atoms with Crippen molar-refractivity contribution in [3.05, 3.63) is 0 Å². The van der Waals surface area contributed by atoms with E-state index in [0.717, 1.165) is 19.4 Å². The maximum Gasteiger partial charge on any atom is 0.303 e. The molecule has 0 aromatic rings. The highest BCUT2D eigenvalue weighted by Gasteiger charge is 2.40. The Morgan fingerprint density at radius 3 is 2.38 bits per heavy atom. The van der Waals surface area contributed by atoms with Crippen molar-refractivity contribution in [2.24, 2.45) is 5.92 Å². The first-order chi connectivity index (χ1) is 7.13. The second-order valence-corrected chi connectivity index (χ2v) is 6.59. The van der Waals surface area contributed by atoms with Crippen molar-refractivity contribution >= 4 is 5.97 Å². The van der Waals surface area contributed by atoms with Crippen LogP contribution in [0.3, 0.4) is 0 Å². The highest BCUT2D eigenvalue weighted by Crippen LogP contribution is 2.37. The summed E-state index contributed by atoms with van der Waals surface area (Å²) in [5, 5.41) is 8.85. The second-order valence-electron chi connectivity index (χ2n) is 6.59. The van der Waals surface area contributed by atoms with Crippen LogP contribution >= 0.6 is 0 Å². The SMILES string of the molecule is CC(C)(C)N1CCC(CC(=O)O)CC1(C)C. The van der Waals surface area contributed by atoms with Gasteiger partial charge >= 0.3 is 5.97 Å². The summed E-state index contributed by atoms with van der Waals surface area (Å²) in [6.07, 6.45) is 2.31. The first kappa shape index (κ1) is 13.5. The van der Waals surface area contributed by atoms with Crippen LogP contribution in [0, 0.1) is 5.92 Å². The smallest absolute Gasteiger partial charge is 0.303 e. The first-order valence-electron chi connectivity index (χ1n) is 6.12. The van der Waals surface area contributed by atoms with Gasteiger partial charge in [0.05, 0.1) is 0 Å². The Kier molecular flexibility index (Phi) is 3.68. The predicted molar refractivity (Wildman–Crippen MR) is 65.5 cm³/mol. The number of nitrogens with zero attached hydrogens (tertiary/aromatic N) is 1. The fourth-order valence-electron chi connectivity index (χ4n) is 3.20. The van der Waals surface area contributed by atoms with E-state index < -0.39 is 5.97 Å². The predicted octanol–water partition coefficient (Wildman–Crippen LogP) is 2.75. The van der Waals surface area contributed by atoms with Gasteiger partial charge in [0.2, 0.25) is 0 Å². The van der Waals surface area contributed by atoms with Crippen LogP contribution in [0.5, 0.6) is 0 Å². The normalized spacial score (nSPS) is 26.7. The van der Waals surface area contributed by atoms with Crippen LogP contribution in [0.25, 0.3) is 0 Å². The zero-order valence-corrected chi connectivity index (χ0v) is 11.2. The maximum atomic E-state index is 10.7. The van der Waals surface area contributed by atoms with Gasteiger partial charge in [0.15, 0.2) is 0 Å². The van der Waals surface area contributed by atoms with E-state index in [4.69, 9.17) is 5.11 Å². The Morgan fingerprint density at radius 2 is 2.00 bits per heavy atom. The van der Waals surface area contributed by atoms with Crippen LogP contribution in [-0.4, -0.2) is 33.6 Å². The largest absolute Gasteiger partial charge is 0.481 e. The summed E-state index contributed by atoms with van der Waals surface area (Å²) >= 11 is 0. The molecule has 0 spiro atoms. The summed E-state index contributed by atoms with van der Waals surface area (Å²) in [7, 11) is 0. The maximum absolute atomic E-state index is 10.7. The second kappa shape index (κ2) is 4.36. The number of likely N-dealkylation sites (tertiary alicyclic amines) is 1. The van der Waals surface area contributed by atoms with Gasteiger partial charge in [0.1, 0.15) is 0 Å². The van der Waals surface area contributed by atoms with Gasteiger partial charge in [0.25, 0.3) is 0 Å². The fraction of sp³-hybridized carbons (Fsp3) is 0.923. The molecule has 1 atom stereocenters. The van der Waals surface area contributed by atoms with Crippen molar-refractivity contribution < 1.29 is 9.90 Å². The number of piperidine rings is 1. The van der Waals surface area contributed by atoms with Crippen molar-refractivity contribution in [3.8, 4) is 0 Å². The number of hydrogen-bond acceptors (Lipinski definition) is 2. The number of aliphatic carboxylic acids is 1. The van der Waals surface area contributed by atoms with E-state index >= 15 is 0 Å². The molecule has 94 valence electrons. The third-order valence-corrected chi connectivity index (χ3v) is 3.55. The lowest BCUT2D eigenvalue weighted by Gasteiger charge is -2.52. The van der Waals surface area contributed by atoms with E-state index in [0.29, 0.717) is 12.3 Å². The van der Waals surface area contributed by atoms with Crippen molar-refractivity contribution in [2.75, 3.05) is 6.54 Å². The summed E-state index contributed by atoms with van der Waals surface area (Å²) < 4.78 is 0. The third kappa shape index (κ3) is 3.21. The first-order valence-corrected chi connectivity index (χ1v) is 6.12. The third-order valence-electron chi connectivity index (χ3n) is 3.55. The Labute approximate surface area is 98.8 Å². The minimum Gasteiger partial charge on any atom is -0.481 e. The number of hydrogen-bond donors (Lipinski definition) is 1. The fourth-order valence-corrected chi connectivity index (χ4v) is 3.20. The monoisotopic (exact) mass is 227 g/mol. The minimum atomic E-state index is -0.662. The molecule has 16 heavy (non-hydrogen) atoms. The molecule has 0 saturated carbocycles. The molecule has 1 unspecified atom stereocenters. The molecule has 1 aliphatic rings. The Hall–Kier alpha value is -0.570. The molecule has 0 aromatic carbocycles. The van der Waals surface area contributed by atoms with E-state index in [2.05, 4.69) is 39.5 Å². The molecule has 1 heterocycles. The molecule has 1 fully saturated rings. The van der Waals surface area contributed by atoms with Crippen molar-refractivity contribution in [2.45, 2.75) is 65.0 Å². The molecule has 0 radical (unpaired) electrons. The summed E-state index contributed by atoms with van der Waals surface area (Å²) in [6.45, 7) is 12.2. The van der Waals surface area contributed by atoms with E-state index in [9.17, 15) is 4.79 Å². The van der Waals surface area contributed by atoms with E-state index in [1.807, 2.05) is 0 Å². The standard InChI is InChI=1S/C13H25NO2/c1-12(2,3)14-7-6-10(8-11(15)16)9-13(14,4)5/h10H,6-9H2,1-5H3,(H,15,16). The van der Waals surface area contributed by atoms with Crippen LogP contribution in [0.15, 0.2) is 0 Å². The average molecular weight is 227 g/mol. The number of rotatable bonds is 2. The molecule has 0 aromatic heterocycles. The molecule has 1 aliphatic heterocycles. The molecule has 0 bridgehead atoms. The highest BCUT2D eigenvalue weighted by atomic mass is 16.4. The number of carboxylic acid groups (broad SMARTS) is 1. The summed E-state index contributed by atoms with van der Waals surface area (Å²) in [6, 6.07) is 0. The molecule has 1 saturated heterocycles. The Balaban J connectivity index is 2.69. The topological polar surface area (TPSA) is 40.5 Å². The zero-order valence-electron chi connectivity index (χ0n) is 11.2. The van der Waals surface area contributed by atoms with Gasteiger partial charge in [-0.25, -0.2) is 0 Å². The molecular weight excluding hydrogens is 202 g/mol. The van der Waals surface area contributed by atoms with Crippen molar-refractivity contribution in [1.82, 2.24) is 4.90 Å². The van der Waals surface area contributed by atoms with Crippen LogP contribution in [0.2, 0.25) is 0 Å². The molecule has 3 nitrogen and oxygen atoms in total. The average Bonchev–Trinajstić information content (AvgIpc) is 1.97. The summed E-state index contributed by atoms with van der Waals surface area (Å²) in [5.74, 6) is -0.323. The van der Waals surface area contributed by atoms with Crippen LogP contribution in [0.1, 0.15) is 53.9 Å². The van der Waals surface area contributed by atoms with Crippen LogP contribution in [-0.2, 0) is 4.79 Å². The molecule has 1 N–H and O–H groups in total. The van der Waals surface area contributed by atoms with Crippen molar-refractivity contribution in [3.63, 3.8) is 0 Å². The Morgan fingerprint density at radius 1 is 1.44 bits per heavy atom. The van der Waals surface area contributed by atoms with E-state index in [1.54, 1.807) is 0 Å². The van der Waals surface area contributed by atoms with Gasteiger partial charge in [-0.15, -0.1) is 0 Å². The number of carbonyl (C=O) groups is 1. The summed E-state index contributed by atoms with van der Waals surface area (Å²) in [4.78, 5) is 13.2. The minimum absolute atomic E-state index is 0.108. The quantitative estimate of drug-likeness (QED) is 0.788. The van der Waals surface area contributed by atoms with Gasteiger partial charge in [-0.1, -0.05) is 0 Å². The highest BCUT2D eigenvalue weighted by molar-refractivity contribution is 5.67. The molecule has 0 aliphatic carbocycles. The number of carboxylic acids is 1. The molecule has 3 heteroatoms. The Bertz CT molecular complexity index is 266. The van der Waals surface area contributed by atoms with E-state index in [-0.39, 0.29) is 11.1 Å². The molecular formula is C13H25NO2.